The highest BCUT2D eigenvalue weighted by Crippen LogP contribution is 2.51. The maximum Gasteiger partial charge on any atom is 0.263 e. The first-order valence-electron chi connectivity index (χ1n) is 6.26. The van der Waals surface area contributed by atoms with Crippen LogP contribution in [-0.4, -0.2) is 22.4 Å². The van der Waals surface area contributed by atoms with E-state index in [0.717, 1.165) is 6.42 Å². The molecule has 1 amide bonds. The largest absolute Gasteiger partial charge is 0.396 e. The quantitative estimate of drug-likeness (QED) is 0.899. The minimum absolute atomic E-state index is 0.120. The SMILES string of the molecule is CC1(C)CC1CNC(=O)c1sc2nccnc2c1N. The number of hydrogen-bond donors (Lipinski definition) is 2. The number of nitrogens with zero attached hydrogens (tertiary/aromatic N) is 2. The number of carbonyl (C=O) groups is 1. The average molecular weight is 276 g/mol. The summed E-state index contributed by atoms with van der Waals surface area (Å²) in [7, 11) is 0. The van der Waals surface area contributed by atoms with E-state index in [2.05, 4.69) is 29.1 Å². The van der Waals surface area contributed by atoms with Gasteiger partial charge in [-0.3, -0.25) is 4.79 Å². The number of anilines is 1. The van der Waals surface area contributed by atoms with Gasteiger partial charge in [0, 0.05) is 18.9 Å². The summed E-state index contributed by atoms with van der Waals surface area (Å²) >= 11 is 1.29. The second-order valence-corrected chi connectivity index (χ2v) is 6.65. The summed E-state index contributed by atoms with van der Waals surface area (Å²) < 4.78 is 0. The first-order valence-corrected chi connectivity index (χ1v) is 7.08. The molecule has 19 heavy (non-hydrogen) atoms. The van der Waals surface area contributed by atoms with Crippen LogP contribution in [0.15, 0.2) is 12.4 Å². The molecule has 6 heteroatoms. The number of fused-ring (bicyclic) bond motifs is 1. The van der Waals surface area contributed by atoms with Crippen LogP contribution < -0.4 is 11.1 Å². The molecule has 1 aliphatic rings. The lowest BCUT2D eigenvalue weighted by atomic mass is 10.1. The molecule has 1 aliphatic carbocycles. The molecule has 0 aliphatic heterocycles. The van der Waals surface area contributed by atoms with Crippen LogP contribution in [0.3, 0.4) is 0 Å². The zero-order valence-electron chi connectivity index (χ0n) is 10.9. The fourth-order valence-electron chi connectivity index (χ4n) is 2.23. The Labute approximate surface area is 115 Å². The van der Waals surface area contributed by atoms with E-state index in [9.17, 15) is 4.79 Å². The van der Waals surface area contributed by atoms with Crippen LogP contribution in [0.4, 0.5) is 5.69 Å². The zero-order valence-corrected chi connectivity index (χ0v) is 11.8. The van der Waals surface area contributed by atoms with Crippen molar-refractivity contribution in [1.82, 2.24) is 15.3 Å². The standard InChI is InChI=1S/C13H16N4OS/c1-13(2)5-7(13)6-17-11(18)10-8(14)9-12(19-10)16-4-3-15-9/h3-4,7H,5-6,14H2,1-2H3,(H,17,18). The molecule has 0 aromatic carbocycles. The van der Waals surface area contributed by atoms with Gasteiger partial charge in [-0.25, -0.2) is 9.97 Å². The van der Waals surface area contributed by atoms with Gasteiger partial charge >= 0.3 is 0 Å². The third kappa shape index (κ3) is 2.16. The van der Waals surface area contributed by atoms with Crippen LogP contribution in [0.2, 0.25) is 0 Å². The molecule has 0 saturated heterocycles. The predicted molar refractivity (Wildman–Crippen MR) is 76.0 cm³/mol. The minimum Gasteiger partial charge on any atom is -0.396 e. The van der Waals surface area contributed by atoms with E-state index in [0.29, 0.717) is 38.8 Å². The lowest BCUT2D eigenvalue weighted by molar-refractivity contribution is 0.0955. The summed E-state index contributed by atoms with van der Waals surface area (Å²) in [6.45, 7) is 5.14. The summed E-state index contributed by atoms with van der Waals surface area (Å²) in [6.07, 6.45) is 4.35. The van der Waals surface area contributed by atoms with Gasteiger partial charge in [-0.2, -0.15) is 0 Å². The monoisotopic (exact) mass is 276 g/mol. The highest BCUT2D eigenvalue weighted by molar-refractivity contribution is 7.21. The summed E-state index contributed by atoms with van der Waals surface area (Å²) in [6, 6.07) is 0. The van der Waals surface area contributed by atoms with E-state index >= 15 is 0 Å². The van der Waals surface area contributed by atoms with Gasteiger partial charge in [0.15, 0.2) is 0 Å². The number of aromatic nitrogens is 2. The third-order valence-electron chi connectivity index (χ3n) is 3.80. The highest BCUT2D eigenvalue weighted by Gasteiger charge is 2.45. The summed E-state index contributed by atoms with van der Waals surface area (Å²) in [4.78, 5) is 21.7. The molecule has 1 atom stereocenters. The normalized spacial score (nSPS) is 20.4. The number of thiophene rings is 1. The van der Waals surface area contributed by atoms with Crippen molar-refractivity contribution >= 4 is 33.3 Å². The van der Waals surface area contributed by atoms with Crippen molar-refractivity contribution in [3.8, 4) is 0 Å². The Kier molecular flexibility index (Phi) is 2.70. The van der Waals surface area contributed by atoms with Crippen LogP contribution in [0.5, 0.6) is 0 Å². The summed E-state index contributed by atoms with van der Waals surface area (Å²) in [5.41, 5.74) is 7.37. The maximum absolute atomic E-state index is 12.1. The van der Waals surface area contributed by atoms with Gasteiger partial charge in [-0.05, 0) is 17.8 Å². The maximum atomic E-state index is 12.1. The van der Waals surface area contributed by atoms with E-state index < -0.39 is 0 Å². The van der Waals surface area contributed by atoms with E-state index in [1.54, 1.807) is 12.4 Å². The molecule has 1 unspecified atom stereocenters. The van der Waals surface area contributed by atoms with Crippen molar-refractivity contribution in [1.29, 1.82) is 0 Å². The predicted octanol–water partition coefficient (Wildman–Crippen LogP) is 2.05. The second-order valence-electron chi connectivity index (χ2n) is 5.65. The number of rotatable bonds is 3. The van der Waals surface area contributed by atoms with Crippen molar-refractivity contribution in [2.24, 2.45) is 11.3 Å². The fraction of sp³-hybridized carbons (Fsp3) is 0.462. The Hall–Kier alpha value is -1.69. The van der Waals surface area contributed by atoms with Gasteiger partial charge in [0.2, 0.25) is 0 Å². The van der Waals surface area contributed by atoms with E-state index in [4.69, 9.17) is 5.73 Å². The first kappa shape index (κ1) is 12.3. The fourth-order valence-corrected chi connectivity index (χ4v) is 3.17. The van der Waals surface area contributed by atoms with E-state index in [1.165, 1.54) is 11.3 Å². The second kappa shape index (κ2) is 4.16. The minimum atomic E-state index is -0.120. The molecule has 3 N–H and O–H groups in total. The molecule has 0 bridgehead atoms. The number of hydrogen-bond acceptors (Lipinski definition) is 5. The highest BCUT2D eigenvalue weighted by atomic mass is 32.1. The topological polar surface area (TPSA) is 80.9 Å². The van der Waals surface area contributed by atoms with Gasteiger partial charge < -0.3 is 11.1 Å². The Morgan fingerprint density at radius 3 is 2.84 bits per heavy atom. The number of carbonyl (C=O) groups excluding carboxylic acids is 1. The molecule has 1 fully saturated rings. The number of nitrogens with two attached hydrogens (primary N) is 1. The Balaban J connectivity index is 1.76. The molecular weight excluding hydrogens is 260 g/mol. The molecular formula is C13H16N4OS. The average Bonchev–Trinajstić information content (AvgIpc) is 2.85. The van der Waals surface area contributed by atoms with Gasteiger partial charge in [0.25, 0.3) is 5.91 Å². The van der Waals surface area contributed by atoms with Crippen molar-refractivity contribution in [2.75, 3.05) is 12.3 Å². The Morgan fingerprint density at radius 1 is 1.53 bits per heavy atom. The molecule has 2 aromatic heterocycles. The van der Waals surface area contributed by atoms with Crippen molar-refractivity contribution < 1.29 is 4.79 Å². The van der Waals surface area contributed by atoms with Gasteiger partial charge in [0.05, 0.1) is 5.69 Å². The van der Waals surface area contributed by atoms with Crippen LogP contribution in [0, 0.1) is 11.3 Å². The van der Waals surface area contributed by atoms with Crippen molar-refractivity contribution in [3.63, 3.8) is 0 Å². The molecule has 1 saturated carbocycles. The lowest BCUT2D eigenvalue weighted by Crippen LogP contribution is -2.26. The molecule has 3 rings (SSSR count). The smallest absolute Gasteiger partial charge is 0.263 e. The first-order chi connectivity index (χ1) is 8.99. The zero-order chi connectivity index (χ0) is 13.6. The van der Waals surface area contributed by atoms with Gasteiger partial charge in [-0.1, -0.05) is 13.8 Å². The van der Waals surface area contributed by atoms with E-state index in [1.807, 2.05) is 0 Å². The van der Waals surface area contributed by atoms with Crippen LogP contribution >= 0.6 is 11.3 Å². The van der Waals surface area contributed by atoms with E-state index in [-0.39, 0.29) is 5.91 Å². The molecule has 2 heterocycles. The summed E-state index contributed by atoms with van der Waals surface area (Å²) in [5.74, 6) is 0.452. The number of nitrogen functional groups attached to an aromatic ring is 1. The molecule has 5 nitrogen and oxygen atoms in total. The summed E-state index contributed by atoms with van der Waals surface area (Å²) in [5, 5.41) is 2.95. The van der Waals surface area contributed by atoms with Gasteiger partial charge in [0.1, 0.15) is 15.2 Å². The molecule has 0 radical (unpaired) electrons. The number of nitrogens with one attached hydrogen (secondary N) is 1. The van der Waals surface area contributed by atoms with Crippen LogP contribution in [-0.2, 0) is 0 Å². The number of amides is 1. The molecule has 100 valence electrons. The Morgan fingerprint density at radius 2 is 2.21 bits per heavy atom. The van der Waals surface area contributed by atoms with Gasteiger partial charge in [-0.15, -0.1) is 11.3 Å². The van der Waals surface area contributed by atoms with Crippen LogP contribution in [0.1, 0.15) is 29.9 Å². The van der Waals surface area contributed by atoms with Crippen LogP contribution in [0.25, 0.3) is 10.3 Å². The molecule has 0 spiro atoms. The molecule has 2 aromatic rings. The van der Waals surface area contributed by atoms with Crippen molar-refractivity contribution in [2.45, 2.75) is 20.3 Å². The van der Waals surface area contributed by atoms with Crippen molar-refractivity contribution in [3.05, 3.63) is 17.3 Å². The third-order valence-corrected chi connectivity index (χ3v) is 4.90. The lowest BCUT2D eigenvalue weighted by Gasteiger charge is -2.05. The Bertz CT molecular complexity index is 649.